The van der Waals surface area contributed by atoms with Crippen molar-refractivity contribution in [2.75, 3.05) is 18.8 Å². The van der Waals surface area contributed by atoms with Gasteiger partial charge in [0.2, 0.25) is 0 Å². The Kier molecular flexibility index (Phi) is 5.11. The lowest BCUT2D eigenvalue weighted by atomic mass is 10.1. The SMILES string of the molecule is CCNCC(N)c1ccc(S(=O)(=O)CC)cc1. The molecule has 5 heteroatoms. The minimum atomic E-state index is -3.11. The zero-order chi connectivity index (χ0) is 12.9. The molecule has 0 fully saturated rings. The lowest BCUT2D eigenvalue weighted by molar-refractivity contribution is 0.596. The largest absolute Gasteiger partial charge is 0.323 e. The fourth-order valence-electron chi connectivity index (χ4n) is 1.51. The summed E-state index contributed by atoms with van der Waals surface area (Å²) in [5.41, 5.74) is 6.91. The molecule has 0 amide bonds. The minimum Gasteiger partial charge on any atom is -0.323 e. The zero-order valence-corrected chi connectivity index (χ0v) is 11.1. The quantitative estimate of drug-likeness (QED) is 0.799. The van der Waals surface area contributed by atoms with Crippen molar-refractivity contribution >= 4 is 9.84 Å². The molecule has 1 atom stereocenters. The van der Waals surface area contributed by atoms with Gasteiger partial charge in [-0.1, -0.05) is 26.0 Å². The summed E-state index contributed by atoms with van der Waals surface area (Å²) in [6.07, 6.45) is 0. The van der Waals surface area contributed by atoms with Gasteiger partial charge in [0.15, 0.2) is 9.84 Å². The van der Waals surface area contributed by atoms with E-state index in [0.29, 0.717) is 11.4 Å². The van der Waals surface area contributed by atoms with Gasteiger partial charge in [-0.3, -0.25) is 0 Å². The van der Waals surface area contributed by atoms with Crippen molar-refractivity contribution in [3.8, 4) is 0 Å². The van der Waals surface area contributed by atoms with Crippen molar-refractivity contribution in [2.24, 2.45) is 5.73 Å². The van der Waals surface area contributed by atoms with Gasteiger partial charge in [0, 0.05) is 12.6 Å². The maximum Gasteiger partial charge on any atom is 0.178 e. The monoisotopic (exact) mass is 256 g/mol. The standard InChI is InChI=1S/C12H20N2O2S/c1-3-14-9-12(13)10-5-7-11(8-6-10)17(15,16)4-2/h5-8,12,14H,3-4,9,13H2,1-2H3. The minimum absolute atomic E-state index is 0.103. The third-order valence-corrected chi connectivity index (χ3v) is 4.41. The molecule has 0 saturated heterocycles. The molecule has 0 aliphatic rings. The van der Waals surface area contributed by atoms with Crippen LogP contribution in [0.5, 0.6) is 0 Å². The Balaban J connectivity index is 2.81. The van der Waals surface area contributed by atoms with E-state index < -0.39 is 9.84 Å². The second-order valence-corrected chi connectivity index (χ2v) is 6.16. The molecular formula is C12H20N2O2S. The predicted molar refractivity (Wildman–Crippen MR) is 69.6 cm³/mol. The van der Waals surface area contributed by atoms with Crippen LogP contribution < -0.4 is 11.1 Å². The molecule has 3 N–H and O–H groups in total. The third kappa shape index (κ3) is 3.80. The maximum atomic E-state index is 11.6. The average Bonchev–Trinajstić information content (AvgIpc) is 2.36. The first-order valence-corrected chi connectivity index (χ1v) is 7.45. The van der Waals surface area contributed by atoms with E-state index in [4.69, 9.17) is 5.73 Å². The molecule has 0 aliphatic carbocycles. The molecule has 0 radical (unpaired) electrons. The van der Waals surface area contributed by atoms with Crippen LogP contribution in [0.4, 0.5) is 0 Å². The Morgan fingerprint density at radius 1 is 1.24 bits per heavy atom. The van der Waals surface area contributed by atoms with Crippen molar-refractivity contribution in [3.63, 3.8) is 0 Å². The van der Waals surface area contributed by atoms with Crippen LogP contribution in [0, 0.1) is 0 Å². The topological polar surface area (TPSA) is 72.2 Å². The molecule has 1 unspecified atom stereocenters. The van der Waals surface area contributed by atoms with Crippen molar-refractivity contribution < 1.29 is 8.42 Å². The van der Waals surface area contributed by atoms with Gasteiger partial charge in [-0.05, 0) is 24.2 Å². The number of nitrogens with two attached hydrogens (primary N) is 1. The van der Waals surface area contributed by atoms with Gasteiger partial charge < -0.3 is 11.1 Å². The van der Waals surface area contributed by atoms with E-state index in [1.165, 1.54) is 0 Å². The lowest BCUT2D eigenvalue weighted by Crippen LogP contribution is -2.26. The van der Waals surface area contributed by atoms with Crippen molar-refractivity contribution in [1.82, 2.24) is 5.32 Å². The first kappa shape index (κ1) is 14.2. The highest BCUT2D eigenvalue weighted by Gasteiger charge is 2.12. The van der Waals surface area contributed by atoms with Gasteiger partial charge in [-0.2, -0.15) is 0 Å². The number of benzene rings is 1. The summed E-state index contributed by atoms with van der Waals surface area (Å²) < 4.78 is 23.2. The molecule has 0 spiro atoms. The van der Waals surface area contributed by atoms with E-state index in [2.05, 4.69) is 5.32 Å². The summed E-state index contributed by atoms with van der Waals surface area (Å²) in [6, 6.07) is 6.71. The smallest absolute Gasteiger partial charge is 0.178 e. The number of nitrogens with one attached hydrogen (secondary N) is 1. The van der Waals surface area contributed by atoms with E-state index in [1.54, 1.807) is 31.2 Å². The van der Waals surface area contributed by atoms with Crippen LogP contribution in [0.1, 0.15) is 25.5 Å². The second-order valence-electron chi connectivity index (χ2n) is 3.89. The Morgan fingerprint density at radius 3 is 2.29 bits per heavy atom. The average molecular weight is 256 g/mol. The molecule has 96 valence electrons. The van der Waals surface area contributed by atoms with Crippen LogP contribution in [-0.2, 0) is 9.84 Å². The number of hydrogen-bond acceptors (Lipinski definition) is 4. The first-order valence-electron chi connectivity index (χ1n) is 5.80. The normalized spacial score (nSPS) is 13.6. The molecule has 0 aromatic heterocycles. The Labute approximate surface area is 103 Å². The van der Waals surface area contributed by atoms with Gasteiger partial charge in [-0.25, -0.2) is 8.42 Å². The maximum absolute atomic E-state index is 11.6. The number of likely N-dealkylation sites (N-methyl/N-ethyl adjacent to an activating group) is 1. The molecule has 0 heterocycles. The highest BCUT2D eigenvalue weighted by molar-refractivity contribution is 7.91. The van der Waals surface area contributed by atoms with Gasteiger partial charge in [0.25, 0.3) is 0 Å². The molecule has 0 saturated carbocycles. The van der Waals surface area contributed by atoms with Crippen molar-refractivity contribution in [3.05, 3.63) is 29.8 Å². The van der Waals surface area contributed by atoms with Crippen LogP contribution in [0.15, 0.2) is 29.2 Å². The van der Waals surface area contributed by atoms with Crippen LogP contribution >= 0.6 is 0 Å². The Bertz CT molecular complexity index is 440. The van der Waals surface area contributed by atoms with Gasteiger partial charge >= 0.3 is 0 Å². The summed E-state index contributed by atoms with van der Waals surface area (Å²) in [5, 5.41) is 3.16. The van der Waals surface area contributed by atoms with E-state index >= 15 is 0 Å². The fourth-order valence-corrected chi connectivity index (χ4v) is 2.39. The lowest BCUT2D eigenvalue weighted by Gasteiger charge is -2.12. The molecule has 0 aliphatic heterocycles. The molecule has 1 aromatic rings. The predicted octanol–water partition coefficient (Wildman–Crippen LogP) is 1.09. The number of sulfone groups is 1. The molecule has 1 aromatic carbocycles. The molecular weight excluding hydrogens is 236 g/mol. The summed E-state index contributed by atoms with van der Waals surface area (Å²) in [7, 11) is -3.11. The van der Waals surface area contributed by atoms with Crippen LogP contribution in [0.25, 0.3) is 0 Å². The summed E-state index contributed by atoms with van der Waals surface area (Å²) >= 11 is 0. The zero-order valence-electron chi connectivity index (χ0n) is 10.3. The molecule has 17 heavy (non-hydrogen) atoms. The Hall–Kier alpha value is -0.910. The molecule has 0 bridgehead atoms. The highest BCUT2D eigenvalue weighted by Crippen LogP contribution is 2.15. The van der Waals surface area contributed by atoms with E-state index in [9.17, 15) is 8.42 Å². The number of hydrogen-bond donors (Lipinski definition) is 2. The Morgan fingerprint density at radius 2 is 1.82 bits per heavy atom. The molecule has 1 rings (SSSR count). The highest BCUT2D eigenvalue weighted by atomic mass is 32.2. The van der Waals surface area contributed by atoms with Gasteiger partial charge in [-0.15, -0.1) is 0 Å². The fraction of sp³-hybridized carbons (Fsp3) is 0.500. The van der Waals surface area contributed by atoms with Gasteiger partial charge in [0.05, 0.1) is 10.6 Å². The first-order chi connectivity index (χ1) is 8.01. The van der Waals surface area contributed by atoms with Gasteiger partial charge in [0.1, 0.15) is 0 Å². The van der Waals surface area contributed by atoms with Crippen LogP contribution in [0.2, 0.25) is 0 Å². The van der Waals surface area contributed by atoms with E-state index in [0.717, 1.165) is 12.1 Å². The second kappa shape index (κ2) is 6.14. The van der Waals surface area contributed by atoms with Crippen molar-refractivity contribution in [1.29, 1.82) is 0 Å². The summed E-state index contributed by atoms with van der Waals surface area (Å²) in [6.45, 7) is 5.22. The molecule has 4 nitrogen and oxygen atoms in total. The number of rotatable bonds is 6. The van der Waals surface area contributed by atoms with Crippen LogP contribution in [0.3, 0.4) is 0 Å². The van der Waals surface area contributed by atoms with E-state index in [-0.39, 0.29) is 11.8 Å². The third-order valence-electron chi connectivity index (χ3n) is 2.66. The summed E-state index contributed by atoms with van der Waals surface area (Å²) in [5.74, 6) is 0.121. The van der Waals surface area contributed by atoms with Crippen LogP contribution in [-0.4, -0.2) is 27.3 Å². The van der Waals surface area contributed by atoms with E-state index in [1.807, 2.05) is 6.92 Å². The summed E-state index contributed by atoms with van der Waals surface area (Å²) in [4.78, 5) is 0.361. The van der Waals surface area contributed by atoms with Crippen molar-refractivity contribution in [2.45, 2.75) is 24.8 Å².